The summed E-state index contributed by atoms with van der Waals surface area (Å²) in [5.41, 5.74) is 23.9. The quantitative estimate of drug-likeness (QED) is 0.0946. The standard InChI is InChI=1S/C86H56/c1-5-22-57(23-6-1)70-51-71(58-24-7-2-8-25-58)53-72(52-70)65-33-19-32-63(48-65)59-42-44-62(45-43-59)84-82(60-26-9-3-10-27-60)55-73(56-83(84)61-28-11-4-12-29-61)66-34-20-35-69(50-66)85-77-36-15-17-38-79(77)86(80-39-18-16-37-78(80)85)76-41-21-40-74-75(76)47-46-68-49-64-30-13-14-31-67(64)54-81(68)74/h1-56H. The van der Waals surface area contributed by atoms with Crippen LogP contribution in [0.25, 0.3) is 165 Å². The zero-order chi connectivity index (χ0) is 56.9. The SMILES string of the molecule is c1ccc(-c2cc(-c3ccccc3)cc(-c3cccc(-c4ccc(-c5c(-c6ccccc6)cc(-c6cccc(-c7c8ccccc8c(-c8cccc9c8ccc8cc%10ccccc%10cc89)c8ccccc78)c6)cc5-c5ccccc5)cc4)c3)c2)cc1. The molecule has 0 saturated carbocycles. The summed E-state index contributed by atoms with van der Waals surface area (Å²) in [6, 6.07) is 126. The maximum Gasteiger partial charge on any atom is -0.00201 e. The van der Waals surface area contributed by atoms with Crippen LogP contribution in [0.4, 0.5) is 0 Å². The third-order valence-electron chi connectivity index (χ3n) is 17.6. The molecule has 0 amide bonds. The third-order valence-corrected chi connectivity index (χ3v) is 17.6. The molecule has 0 aromatic heterocycles. The summed E-state index contributed by atoms with van der Waals surface area (Å²) in [5, 5.41) is 12.5. The van der Waals surface area contributed by atoms with Gasteiger partial charge in [0, 0.05) is 0 Å². The van der Waals surface area contributed by atoms with E-state index in [1.165, 1.54) is 148 Å². The van der Waals surface area contributed by atoms with Crippen molar-refractivity contribution in [3.8, 4) is 111 Å². The molecule has 0 fully saturated rings. The fourth-order valence-electron chi connectivity index (χ4n) is 13.5. The number of benzene rings is 16. The lowest BCUT2D eigenvalue weighted by Crippen LogP contribution is -1.94. The summed E-state index contributed by atoms with van der Waals surface area (Å²) in [5.74, 6) is 0. The van der Waals surface area contributed by atoms with Crippen molar-refractivity contribution in [2.75, 3.05) is 0 Å². The highest BCUT2D eigenvalue weighted by Crippen LogP contribution is 2.49. The fourth-order valence-corrected chi connectivity index (χ4v) is 13.5. The van der Waals surface area contributed by atoms with Crippen molar-refractivity contribution in [3.63, 3.8) is 0 Å². The Bertz CT molecular complexity index is 5060. The first-order valence-electron chi connectivity index (χ1n) is 29.8. The van der Waals surface area contributed by atoms with E-state index in [1.807, 2.05) is 0 Å². The molecule has 86 heavy (non-hydrogen) atoms. The predicted octanol–water partition coefficient (Wildman–Crippen LogP) is 24.1. The van der Waals surface area contributed by atoms with Crippen LogP contribution in [0.5, 0.6) is 0 Å². The molecule has 0 spiro atoms. The minimum absolute atomic E-state index is 1.16. The second-order valence-corrected chi connectivity index (χ2v) is 22.7. The second kappa shape index (κ2) is 21.5. The summed E-state index contributed by atoms with van der Waals surface area (Å²) < 4.78 is 0. The van der Waals surface area contributed by atoms with Crippen LogP contribution < -0.4 is 0 Å². The molecular formula is C86H56. The Kier molecular flexibility index (Phi) is 12.7. The Morgan fingerprint density at radius 3 is 1.02 bits per heavy atom. The lowest BCUT2D eigenvalue weighted by Gasteiger charge is -2.21. The third kappa shape index (κ3) is 9.13. The van der Waals surface area contributed by atoms with E-state index in [1.54, 1.807) is 0 Å². The zero-order valence-electron chi connectivity index (χ0n) is 47.3. The molecule has 0 aliphatic carbocycles. The first kappa shape index (κ1) is 50.5. The molecule has 0 atom stereocenters. The fraction of sp³-hybridized carbons (Fsp3) is 0. The van der Waals surface area contributed by atoms with Crippen LogP contribution in [0, 0.1) is 0 Å². The number of fused-ring (bicyclic) bond motifs is 6. The molecule has 0 bridgehead atoms. The van der Waals surface area contributed by atoms with Gasteiger partial charge in [-0.1, -0.05) is 285 Å². The minimum Gasteiger partial charge on any atom is -0.0622 e. The van der Waals surface area contributed by atoms with Gasteiger partial charge < -0.3 is 0 Å². The van der Waals surface area contributed by atoms with Crippen LogP contribution in [0.15, 0.2) is 340 Å². The molecule has 0 heteroatoms. The molecule has 0 aliphatic heterocycles. The van der Waals surface area contributed by atoms with Gasteiger partial charge in [-0.25, -0.2) is 0 Å². The Morgan fingerprint density at radius 2 is 0.477 bits per heavy atom. The lowest BCUT2D eigenvalue weighted by molar-refractivity contribution is 1.53. The molecule has 16 rings (SSSR count). The van der Waals surface area contributed by atoms with Gasteiger partial charge in [0.05, 0.1) is 0 Å². The Labute approximate surface area is 501 Å². The predicted molar refractivity (Wildman–Crippen MR) is 368 cm³/mol. The first-order chi connectivity index (χ1) is 42.6. The molecular weight excluding hydrogens is 1030 g/mol. The summed E-state index contributed by atoms with van der Waals surface area (Å²) in [6.45, 7) is 0. The monoisotopic (exact) mass is 1090 g/mol. The highest BCUT2D eigenvalue weighted by atomic mass is 14.2. The smallest absolute Gasteiger partial charge is 0.00201 e. The Morgan fingerprint density at radius 1 is 0.116 bits per heavy atom. The van der Waals surface area contributed by atoms with Crippen LogP contribution in [0.3, 0.4) is 0 Å². The van der Waals surface area contributed by atoms with E-state index in [-0.39, 0.29) is 0 Å². The normalized spacial score (nSPS) is 11.5. The van der Waals surface area contributed by atoms with E-state index in [4.69, 9.17) is 0 Å². The molecule has 0 radical (unpaired) electrons. The van der Waals surface area contributed by atoms with E-state index < -0.39 is 0 Å². The second-order valence-electron chi connectivity index (χ2n) is 22.7. The maximum absolute atomic E-state index is 2.42. The van der Waals surface area contributed by atoms with Crippen molar-refractivity contribution >= 4 is 53.9 Å². The number of rotatable bonds is 10. The topological polar surface area (TPSA) is 0 Å². The van der Waals surface area contributed by atoms with Gasteiger partial charge in [-0.15, -0.1) is 0 Å². The molecule has 0 aliphatic rings. The number of hydrogen-bond acceptors (Lipinski definition) is 0. The molecule has 0 saturated heterocycles. The van der Waals surface area contributed by atoms with Crippen molar-refractivity contribution in [3.05, 3.63) is 340 Å². The van der Waals surface area contributed by atoms with E-state index in [2.05, 4.69) is 340 Å². The Hall–Kier alpha value is -11.2. The molecule has 16 aromatic rings. The highest BCUT2D eigenvalue weighted by Gasteiger charge is 2.22. The van der Waals surface area contributed by atoms with Gasteiger partial charge in [-0.2, -0.15) is 0 Å². The first-order valence-corrected chi connectivity index (χ1v) is 29.8. The van der Waals surface area contributed by atoms with Crippen LogP contribution in [-0.2, 0) is 0 Å². The summed E-state index contributed by atoms with van der Waals surface area (Å²) >= 11 is 0. The van der Waals surface area contributed by atoms with Crippen LogP contribution in [0.2, 0.25) is 0 Å². The molecule has 0 nitrogen and oxygen atoms in total. The van der Waals surface area contributed by atoms with E-state index >= 15 is 0 Å². The van der Waals surface area contributed by atoms with Crippen molar-refractivity contribution in [2.45, 2.75) is 0 Å². The molecule has 0 unspecified atom stereocenters. The van der Waals surface area contributed by atoms with Crippen molar-refractivity contribution in [1.82, 2.24) is 0 Å². The van der Waals surface area contributed by atoms with Crippen molar-refractivity contribution < 1.29 is 0 Å². The lowest BCUT2D eigenvalue weighted by atomic mass is 9.83. The summed E-state index contributed by atoms with van der Waals surface area (Å²) in [7, 11) is 0. The molecule has 0 N–H and O–H groups in total. The van der Waals surface area contributed by atoms with Gasteiger partial charge in [-0.05, 0) is 220 Å². The molecule has 16 aromatic carbocycles. The summed E-state index contributed by atoms with van der Waals surface area (Å²) in [6.07, 6.45) is 0. The van der Waals surface area contributed by atoms with Gasteiger partial charge in [-0.3, -0.25) is 0 Å². The van der Waals surface area contributed by atoms with Crippen LogP contribution in [0.1, 0.15) is 0 Å². The van der Waals surface area contributed by atoms with Gasteiger partial charge in [0.1, 0.15) is 0 Å². The average Bonchev–Trinajstić information content (AvgIpc) is 0.988. The van der Waals surface area contributed by atoms with Crippen molar-refractivity contribution in [1.29, 1.82) is 0 Å². The number of hydrogen-bond donors (Lipinski definition) is 0. The molecule has 0 heterocycles. The van der Waals surface area contributed by atoms with Gasteiger partial charge in [0.15, 0.2) is 0 Å². The van der Waals surface area contributed by atoms with Crippen molar-refractivity contribution in [2.24, 2.45) is 0 Å². The van der Waals surface area contributed by atoms with E-state index in [0.29, 0.717) is 0 Å². The Balaban J connectivity index is 0.816. The van der Waals surface area contributed by atoms with Crippen LogP contribution in [-0.4, -0.2) is 0 Å². The summed E-state index contributed by atoms with van der Waals surface area (Å²) in [4.78, 5) is 0. The zero-order valence-corrected chi connectivity index (χ0v) is 47.3. The maximum atomic E-state index is 2.42. The van der Waals surface area contributed by atoms with Crippen LogP contribution >= 0.6 is 0 Å². The van der Waals surface area contributed by atoms with E-state index in [0.717, 1.165) is 16.7 Å². The van der Waals surface area contributed by atoms with Gasteiger partial charge >= 0.3 is 0 Å². The largest absolute Gasteiger partial charge is 0.0622 e. The highest BCUT2D eigenvalue weighted by molar-refractivity contribution is 6.25. The average molecular weight is 1090 g/mol. The van der Waals surface area contributed by atoms with E-state index in [9.17, 15) is 0 Å². The van der Waals surface area contributed by atoms with Gasteiger partial charge in [0.25, 0.3) is 0 Å². The van der Waals surface area contributed by atoms with Gasteiger partial charge in [0.2, 0.25) is 0 Å². The minimum atomic E-state index is 1.16. The molecule has 400 valence electrons.